The number of amides is 2. The van der Waals surface area contributed by atoms with Crippen LogP contribution in [0.4, 0.5) is 4.39 Å². The maximum absolute atomic E-state index is 13.2. The quantitative estimate of drug-likeness (QED) is 0.808. The number of aliphatic carboxylic acids is 1. The Morgan fingerprint density at radius 3 is 2.75 bits per heavy atom. The van der Waals surface area contributed by atoms with Crippen LogP contribution >= 0.6 is 0 Å². The molecule has 0 spiro atoms. The second-order valence-corrected chi connectivity index (χ2v) is 4.56. The van der Waals surface area contributed by atoms with Crippen LogP contribution in [-0.2, 0) is 9.59 Å². The SMILES string of the molecule is Cc1cc(C(=O)N2CC(=O)NCC2C(=O)O)ccc1F. The monoisotopic (exact) mass is 280 g/mol. The summed E-state index contributed by atoms with van der Waals surface area (Å²) < 4.78 is 13.2. The summed E-state index contributed by atoms with van der Waals surface area (Å²) in [6, 6.07) is 2.63. The predicted octanol–water partition coefficient (Wildman–Crippen LogP) is 0.159. The molecular weight excluding hydrogens is 267 g/mol. The summed E-state index contributed by atoms with van der Waals surface area (Å²) in [5.74, 6) is -2.67. The van der Waals surface area contributed by atoms with Crippen molar-refractivity contribution >= 4 is 17.8 Å². The first-order chi connectivity index (χ1) is 9.40. The second kappa shape index (κ2) is 5.28. The minimum absolute atomic E-state index is 0.139. The lowest BCUT2D eigenvalue weighted by Crippen LogP contribution is -2.59. The molecule has 2 N–H and O–H groups in total. The summed E-state index contributed by atoms with van der Waals surface area (Å²) in [7, 11) is 0. The topological polar surface area (TPSA) is 86.7 Å². The lowest BCUT2D eigenvalue weighted by atomic mass is 10.1. The molecule has 1 aromatic carbocycles. The molecule has 1 atom stereocenters. The number of hydrogen-bond donors (Lipinski definition) is 2. The maximum Gasteiger partial charge on any atom is 0.328 e. The summed E-state index contributed by atoms with van der Waals surface area (Å²) >= 11 is 0. The minimum atomic E-state index is -1.20. The van der Waals surface area contributed by atoms with Crippen LogP contribution in [0.2, 0.25) is 0 Å². The number of carboxylic acids is 1. The molecule has 1 saturated heterocycles. The molecule has 1 heterocycles. The zero-order chi connectivity index (χ0) is 14.9. The van der Waals surface area contributed by atoms with Gasteiger partial charge in [-0.1, -0.05) is 0 Å². The Balaban J connectivity index is 2.31. The van der Waals surface area contributed by atoms with Crippen LogP contribution in [0.15, 0.2) is 18.2 Å². The standard InChI is InChI=1S/C13H13FN2O4/c1-7-4-8(2-3-9(7)14)12(18)16-6-11(17)15-5-10(16)13(19)20/h2-4,10H,5-6H2,1H3,(H,15,17)(H,19,20). The number of nitrogens with one attached hydrogen (secondary N) is 1. The van der Waals surface area contributed by atoms with Crippen molar-refractivity contribution in [2.45, 2.75) is 13.0 Å². The fourth-order valence-electron chi connectivity index (χ4n) is 2.02. The number of benzene rings is 1. The molecule has 1 aromatic rings. The summed E-state index contributed by atoms with van der Waals surface area (Å²) in [5, 5.41) is 11.5. The Morgan fingerprint density at radius 2 is 2.15 bits per heavy atom. The molecular formula is C13H13FN2O4. The molecule has 0 aromatic heterocycles. The third-order valence-electron chi connectivity index (χ3n) is 3.13. The number of rotatable bonds is 2. The highest BCUT2D eigenvalue weighted by molar-refractivity contribution is 6.00. The second-order valence-electron chi connectivity index (χ2n) is 4.56. The van der Waals surface area contributed by atoms with E-state index in [0.717, 1.165) is 11.0 Å². The Hall–Kier alpha value is -2.44. The van der Waals surface area contributed by atoms with Crippen LogP contribution in [0.1, 0.15) is 15.9 Å². The van der Waals surface area contributed by atoms with E-state index in [-0.39, 0.29) is 24.2 Å². The van der Waals surface area contributed by atoms with Gasteiger partial charge in [-0.05, 0) is 30.7 Å². The van der Waals surface area contributed by atoms with Crippen LogP contribution in [0, 0.1) is 12.7 Å². The van der Waals surface area contributed by atoms with E-state index in [4.69, 9.17) is 5.11 Å². The molecule has 7 heteroatoms. The number of nitrogens with zero attached hydrogens (tertiary/aromatic N) is 1. The smallest absolute Gasteiger partial charge is 0.328 e. The van der Waals surface area contributed by atoms with Gasteiger partial charge in [0.15, 0.2) is 0 Å². The highest BCUT2D eigenvalue weighted by atomic mass is 19.1. The average molecular weight is 280 g/mol. The average Bonchev–Trinajstić information content (AvgIpc) is 2.40. The van der Waals surface area contributed by atoms with E-state index in [9.17, 15) is 18.8 Å². The van der Waals surface area contributed by atoms with Gasteiger partial charge < -0.3 is 15.3 Å². The zero-order valence-electron chi connectivity index (χ0n) is 10.7. The molecule has 0 aliphatic carbocycles. The van der Waals surface area contributed by atoms with Crippen molar-refractivity contribution in [1.82, 2.24) is 10.2 Å². The molecule has 1 fully saturated rings. The number of carboxylic acid groups (broad SMARTS) is 1. The molecule has 106 valence electrons. The Kier molecular flexibility index (Phi) is 3.69. The van der Waals surface area contributed by atoms with Gasteiger partial charge in [0.1, 0.15) is 18.4 Å². The lowest BCUT2D eigenvalue weighted by molar-refractivity contribution is -0.144. The van der Waals surface area contributed by atoms with Crippen LogP contribution in [0.5, 0.6) is 0 Å². The molecule has 0 radical (unpaired) electrons. The molecule has 1 aliphatic heterocycles. The number of aryl methyl sites for hydroxylation is 1. The first-order valence-electron chi connectivity index (χ1n) is 5.97. The van der Waals surface area contributed by atoms with Crippen molar-refractivity contribution in [1.29, 1.82) is 0 Å². The summed E-state index contributed by atoms with van der Waals surface area (Å²) in [6.45, 7) is 1.04. The Labute approximate surface area is 114 Å². The number of hydrogen-bond acceptors (Lipinski definition) is 3. The van der Waals surface area contributed by atoms with Gasteiger partial charge in [0, 0.05) is 12.1 Å². The van der Waals surface area contributed by atoms with Crippen LogP contribution in [-0.4, -0.2) is 46.9 Å². The first kappa shape index (κ1) is 14.0. The summed E-state index contributed by atoms with van der Waals surface area (Å²) in [4.78, 5) is 35.7. The van der Waals surface area contributed by atoms with E-state index in [0.29, 0.717) is 0 Å². The van der Waals surface area contributed by atoms with Crippen molar-refractivity contribution in [3.8, 4) is 0 Å². The normalized spacial score (nSPS) is 18.6. The Morgan fingerprint density at radius 1 is 1.45 bits per heavy atom. The molecule has 6 nitrogen and oxygen atoms in total. The highest BCUT2D eigenvalue weighted by Crippen LogP contribution is 2.14. The van der Waals surface area contributed by atoms with E-state index < -0.39 is 29.6 Å². The number of halogens is 1. The van der Waals surface area contributed by atoms with Crippen LogP contribution in [0.25, 0.3) is 0 Å². The fraction of sp³-hybridized carbons (Fsp3) is 0.308. The van der Waals surface area contributed by atoms with Gasteiger partial charge in [-0.25, -0.2) is 9.18 Å². The summed E-state index contributed by atoms with van der Waals surface area (Å²) in [6.07, 6.45) is 0. The van der Waals surface area contributed by atoms with Gasteiger partial charge in [0.05, 0.1) is 0 Å². The zero-order valence-corrected chi connectivity index (χ0v) is 10.7. The largest absolute Gasteiger partial charge is 0.480 e. The van der Waals surface area contributed by atoms with Crippen LogP contribution < -0.4 is 5.32 Å². The predicted molar refractivity (Wildman–Crippen MR) is 66.6 cm³/mol. The van der Waals surface area contributed by atoms with E-state index in [1.807, 2.05) is 0 Å². The van der Waals surface area contributed by atoms with Gasteiger partial charge in [-0.3, -0.25) is 9.59 Å². The van der Waals surface area contributed by atoms with Gasteiger partial charge in [-0.2, -0.15) is 0 Å². The summed E-state index contributed by atoms with van der Waals surface area (Å²) in [5.41, 5.74) is 0.439. The molecule has 2 rings (SSSR count). The fourth-order valence-corrected chi connectivity index (χ4v) is 2.02. The van der Waals surface area contributed by atoms with Gasteiger partial charge in [0.2, 0.25) is 5.91 Å². The van der Waals surface area contributed by atoms with E-state index in [2.05, 4.69) is 5.32 Å². The van der Waals surface area contributed by atoms with Crippen molar-refractivity contribution in [3.05, 3.63) is 35.1 Å². The molecule has 0 saturated carbocycles. The third kappa shape index (κ3) is 2.61. The van der Waals surface area contributed by atoms with Gasteiger partial charge >= 0.3 is 5.97 Å². The number of carbonyl (C=O) groups is 3. The molecule has 2 amide bonds. The number of piperazine rings is 1. The van der Waals surface area contributed by atoms with E-state index >= 15 is 0 Å². The molecule has 0 bridgehead atoms. The van der Waals surface area contributed by atoms with E-state index in [1.165, 1.54) is 19.1 Å². The van der Waals surface area contributed by atoms with Crippen molar-refractivity contribution in [2.24, 2.45) is 0 Å². The van der Waals surface area contributed by atoms with Gasteiger partial charge in [0.25, 0.3) is 5.91 Å². The van der Waals surface area contributed by atoms with Crippen molar-refractivity contribution < 1.29 is 23.9 Å². The molecule has 20 heavy (non-hydrogen) atoms. The first-order valence-corrected chi connectivity index (χ1v) is 5.97. The van der Waals surface area contributed by atoms with Crippen molar-refractivity contribution in [2.75, 3.05) is 13.1 Å². The molecule has 1 unspecified atom stereocenters. The van der Waals surface area contributed by atoms with Crippen LogP contribution in [0.3, 0.4) is 0 Å². The van der Waals surface area contributed by atoms with E-state index in [1.54, 1.807) is 0 Å². The highest BCUT2D eigenvalue weighted by Gasteiger charge is 2.35. The minimum Gasteiger partial charge on any atom is -0.480 e. The lowest BCUT2D eigenvalue weighted by Gasteiger charge is -2.32. The number of carbonyl (C=O) groups excluding carboxylic acids is 2. The Bertz CT molecular complexity index is 588. The maximum atomic E-state index is 13.2. The third-order valence-corrected chi connectivity index (χ3v) is 3.13. The molecule has 1 aliphatic rings. The van der Waals surface area contributed by atoms with Crippen molar-refractivity contribution in [3.63, 3.8) is 0 Å². The van der Waals surface area contributed by atoms with Gasteiger partial charge in [-0.15, -0.1) is 0 Å².